The second kappa shape index (κ2) is 9.19. The molecule has 1 amide bonds. The van der Waals surface area contributed by atoms with E-state index in [9.17, 15) is 14.4 Å². The SMILES string of the molecule is CCOC(=O)C(C[N+](C)(C)C)(NC(C)=O)C(=O)OCC.[I-]. The lowest BCUT2D eigenvalue weighted by Crippen LogP contribution is -3.00. The van der Waals surface area contributed by atoms with E-state index < -0.39 is 23.4 Å². The van der Waals surface area contributed by atoms with Crippen LogP contribution < -0.4 is 29.3 Å². The first-order valence-corrected chi connectivity index (χ1v) is 6.52. The zero-order valence-corrected chi connectivity index (χ0v) is 15.6. The van der Waals surface area contributed by atoms with Crippen LogP contribution in [0.25, 0.3) is 0 Å². The molecule has 0 aliphatic heterocycles. The first-order chi connectivity index (χ1) is 9.09. The maximum atomic E-state index is 12.2. The molecular formula is C13H25IN2O5. The maximum Gasteiger partial charge on any atom is 0.349 e. The lowest BCUT2D eigenvalue weighted by molar-refractivity contribution is -0.872. The molecule has 7 nitrogen and oxygen atoms in total. The van der Waals surface area contributed by atoms with Crippen LogP contribution in [-0.4, -0.2) is 68.8 Å². The van der Waals surface area contributed by atoms with Crippen molar-refractivity contribution in [2.24, 2.45) is 0 Å². The fourth-order valence-electron chi connectivity index (χ4n) is 1.87. The summed E-state index contributed by atoms with van der Waals surface area (Å²) in [5.41, 5.74) is -1.82. The number of quaternary nitrogens is 1. The third-order valence-corrected chi connectivity index (χ3v) is 2.35. The van der Waals surface area contributed by atoms with Gasteiger partial charge in [0.1, 0.15) is 6.54 Å². The van der Waals surface area contributed by atoms with Crippen molar-refractivity contribution in [1.29, 1.82) is 0 Å². The third kappa shape index (κ3) is 7.07. The highest BCUT2D eigenvalue weighted by Crippen LogP contribution is 2.15. The number of amides is 1. The third-order valence-electron chi connectivity index (χ3n) is 2.35. The number of rotatable bonds is 7. The summed E-state index contributed by atoms with van der Waals surface area (Å²) in [6, 6.07) is 0. The maximum absolute atomic E-state index is 12.2. The van der Waals surface area contributed by atoms with Crippen LogP contribution in [0.2, 0.25) is 0 Å². The molecule has 0 spiro atoms. The second-order valence-electron chi connectivity index (χ2n) is 5.48. The molecule has 0 saturated heterocycles. The Hall–Kier alpha value is -0.900. The van der Waals surface area contributed by atoms with E-state index in [2.05, 4.69) is 5.32 Å². The van der Waals surface area contributed by atoms with Crippen LogP contribution in [-0.2, 0) is 23.9 Å². The van der Waals surface area contributed by atoms with Gasteiger partial charge in [0.15, 0.2) is 0 Å². The molecule has 124 valence electrons. The number of nitrogens with one attached hydrogen (secondary N) is 1. The molecule has 0 radical (unpaired) electrons. The van der Waals surface area contributed by atoms with E-state index in [1.807, 2.05) is 0 Å². The van der Waals surface area contributed by atoms with Crippen LogP contribution in [0.5, 0.6) is 0 Å². The molecule has 0 saturated carbocycles. The number of hydrogen-bond acceptors (Lipinski definition) is 5. The van der Waals surface area contributed by atoms with E-state index in [1.54, 1.807) is 35.0 Å². The lowest BCUT2D eigenvalue weighted by Gasteiger charge is -2.35. The molecule has 0 aromatic carbocycles. The van der Waals surface area contributed by atoms with Crippen LogP contribution in [0, 0.1) is 0 Å². The van der Waals surface area contributed by atoms with Gasteiger partial charge in [-0.2, -0.15) is 0 Å². The fraction of sp³-hybridized carbons (Fsp3) is 0.769. The Bertz CT molecular complexity index is 361. The number of nitrogens with zero attached hydrogens (tertiary/aromatic N) is 1. The topological polar surface area (TPSA) is 81.7 Å². The molecule has 0 aliphatic carbocycles. The number of esters is 2. The van der Waals surface area contributed by atoms with Gasteiger partial charge in [0.05, 0.1) is 34.4 Å². The Labute approximate surface area is 142 Å². The van der Waals surface area contributed by atoms with E-state index in [0.29, 0.717) is 0 Å². The molecule has 0 aromatic rings. The smallest absolute Gasteiger partial charge is 0.349 e. The Morgan fingerprint density at radius 1 is 1.00 bits per heavy atom. The predicted octanol–water partition coefficient (Wildman–Crippen LogP) is -3.30. The molecule has 8 heteroatoms. The Morgan fingerprint density at radius 3 is 1.62 bits per heavy atom. The minimum Gasteiger partial charge on any atom is -1.00 e. The van der Waals surface area contributed by atoms with E-state index in [0.717, 1.165) is 0 Å². The monoisotopic (exact) mass is 416 g/mol. The summed E-state index contributed by atoms with van der Waals surface area (Å²) in [5, 5.41) is 2.42. The Balaban J connectivity index is 0. The zero-order valence-electron chi connectivity index (χ0n) is 13.5. The summed E-state index contributed by atoms with van der Waals surface area (Å²) >= 11 is 0. The average molecular weight is 416 g/mol. The predicted molar refractivity (Wildman–Crippen MR) is 72.7 cm³/mol. The highest BCUT2D eigenvalue weighted by Gasteiger charge is 2.54. The summed E-state index contributed by atoms with van der Waals surface area (Å²) < 4.78 is 10.2. The number of likely N-dealkylation sites (N-methyl/N-ethyl adjacent to an activating group) is 1. The van der Waals surface area contributed by atoms with Crippen LogP contribution in [0.1, 0.15) is 20.8 Å². The molecule has 0 aliphatic rings. The number of halogens is 1. The Kier molecular flexibility index (Phi) is 9.79. The summed E-state index contributed by atoms with van der Waals surface area (Å²) in [7, 11) is 5.40. The van der Waals surface area contributed by atoms with Gasteiger partial charge in [-0.05, 0) is 13.8 Å². The van der Waals surface area contributed by atoms with Crippen molar-refractivity contribution in [1.82, 2.24) is 5.32 Å². The lowest BCUT2D eigenvalue weighted by atomic mass is 9.98. The fourth-order valence-corrected chi connectivity index (χ4v) is 1.87. The van der Waals surface area contributed by atoms with Gasteiger partial charge < -0.3 is 43.3 Å². The first-order valence-electron chi connectivity index (χ1n) is 6.52. The molecule has 0 unspecified atom stereocenters. The van der Waals surface area contributed by atoms with Crippen molar-refractivity contribution < 1.29 is 52.3 Å². The number of carbonyl (C=O) groups excluding carboxylic acids is 3. The molecule has 0 rings (SSSR count). The van der Waals surface area contributed by atoms with Gasteiger partial charge in [-0.25, -0.2) is 9.59 Å². The number of ether oxygens (including phenoxy) is 2. The van der Waals surface area contributed by atoms with E-state index in [1.165, 1.54) is 6.92 Å². The van der Waals surface area contributed by atoms with Crippen LogP contribution in [0.3, 0.4) is 0 Å². The van der Waals surface area contributed by atoms with Gasteiger partial charge in [0.2, 0.25) is 5.91 Å². The van der Waals surface area contributed by atoms with Gasteiger partial charge in [0.25, 0.3) is 5.54 Å². The highest BCUT2D eigenvalue weighted by molar-refractivity contribution is 6.07. The van der Waals surface area contributed by atoms with E-state index >= 15 is 0 Å². The van der Waals surface area contributed by atoms with Crippen molar-refractivity contribution in [3.63, 3.8) is 0 Å². The van der Waals surface area contributed by atoms with Gasteiger partial charge in [0, 0.05) is 6.92 Å². The highest BCUT2D eigenvalue weighted by atomic mass is 127. The summed E-state index contributed by atoms with van der Waals surface area (Å²) in [6.45, 7) is 4.75. The molecular weight excluding hydrogens is 391 g/mol. The van der Waals surface area contributed by atoms with Crippen molar-refractivity contribution in [2.45, 2.75) is 26.3 Å². The summed E-state index contributed by atoms with van der Waals surface area (Å²) in [5.74, 6) is -2.11. The normalized spacial score (nSPS) is 11.1. The minimum absolute atomic E-state index is 0. The molecule has 1 N–H and O–H groups in total. The van der Waals surface area contributed by atoms with Crippen molar-refractivity contribution in [3.8, 4) is 0 Å². The molecule has 0 atom stereocenters. The van der Waals surface area contributed by atoms with Crippen LogP contribution in [0.4, 0.5) is 0 Å². The van der Waals surface area contributed by atoms with Crippen molar-refractivity contribution >= 4 is 17.8 Å². The largest absolute Gasteiger partial charge is 1.00 e. The first kappa shape index (κ1) is 22.4. The minimum atomic E-state index is -1.82. The number of carbonyl (C=O) groups is 3. The zero-order chi connectivity index (χ0) is 16.0. The number of hydrogen-bond donors (Lipinski definition) is 1. The van der Waals surface area contributed by atoms with Gasteiger partial charge >= 0.3 is 11.9 Å². The molecule has 0 aromatic heterocycles. The second-order valence-corrected chi connectivity index (χ2v) is 5.48. The molecule has 0 fully saturated rings. The standard InChI is InChI=1S/C13H24N2O5.HI/c1-7-19-11(17)13(14-10(3)16,9-15(4,5)6)12(18)20-8-2;/h7-9H2,1-6H3;1H. The van der Waals surface area contributed by atoms with Crippen molar-refractivity contribution in [3.05, 3.63) is 0 Å². The molecule has 21 heavy (non-hydrogen) atoms. The van der Waals surface area contributed by atoms with Gasteiger partial charge in [-0.15, -0.1) is 0 Å². The van der Waals surface area contributed by atoms with E-state index in [-0.39, 0.29) is 48.2 Å². The van der Waals surface area contributed by atoms with Crippen LogP contribution >= 0.6 is 0 Å². The van der Waals surface area contributed by atoms with Crippen LogP contribution in [0.15, 0.2) is 0 Å². The molecule has 0 bridgehead atoms. The van der Waals surface area contributed by atoms with Crippen molar-refractivity contribution in [2.75, 3.05) is 40.9 Å². The summed E-state index contributed by atoms with van der Waals surface area (Å²) in [6.07, 6.45) is 0. The quantitative estimate of drug-likeness (QED) is 0.204. The van der Waals surface area contributed by atoms with Gasteiger partial charge in [-0.3, -0.25) is 4.79 Å². The summed E-state index contributed by atoms with van der Waals surface area (Å²) in [4.78, 5) is 35.9. The van der Waals surface area contributed by atoms with E-state index in [4.69, 9.17) is 9.47 Å². The van der Waals surface area contributed by atoms with Gasteiger partial charge in [-0.1, -0.05) is 0 Å². The Morgan fingerprint density at radius 2 is 1.38 bits per heavy atom. The molecule has 0 heterocycles. The average Bonchev–Trinajstić information content (AvgIpc) is 2.25.